The van der Waals surface area contributed by atoms with E-state index in [1.54, 1.807) is 79.1 Å². The van der Waals surface area contributed by atoms with Crippen LogP contribution in [0.4, 0.5) is 17.1 Å². The summed E-state index contributed by atoms with van der Waals surface area (Å²) in [6.07, 6.45) is 4.88. The maximum Gasteiger partial charge on any atom is 1.00 e. The minimum absolute atomic E-state index is 0. The van der Waals surface area contributed by atoms with Gasteiger partial charge in [0.2, 0.25) is 0 Å². The zero-order chi connectivity index (χ0) is 61.4. The van der Waals surface area contributed by atoms with Crippen LogP contribution in [0.1, 0.15) is 70.4 Å². The van der Waals surface area contributed by atoms with Crippen LogP contribution < -0.4 is 125 Å². The van der Waals surface area contributed by atoms with E-state index in [9.17, 15) is 14.4 Å². The summed E-state index contributed by atoms with van der Waals surface area (Å²) in [5.41, 5.74) is 28.2. The molecule has 0 aliphatic heterocycles. The molecule has 6 aromatic carbocycles. The van der Waals surface area contributed by atoms with Crippen molar-refractivity contribution < 1.29 is 148 Å². The molecule has 0 amide bonds. The maximum atomic E-state index is 12.6. The second kappa shape index (κ2) is 34.0. The zero-order valence-electron chi connectivity index (χ0n) is 49.2. The van der Waals surface area contributed by atoms with Gasteiger partial charge in [-0.1, -0.05) is 71.2 Å². The Labute approximate surface area is 609 Å². The largest absolute Gasteiger partial charge is 1.00 e. The van der Waals surface area contributed by atoms with Crippen molar-refractivity contribution in [1.82, 2.24) is 44.7 Å². The van der Waals surface area contributed by atoms with Crippen LogP contribution in [0, 0.1) is 0 Å². The Morgan fingerprint density at radius 3 is 1.51 bits per heavy atom. The van der Waals surface area contributed by atoms with Crippen LogP contribution in [0.15, 0.2) is 146 Å². The standard InChI is InChI=1S/2C20H17ClN4O2.C10H7Cl2N.C10H11N3O2.CH2O3.2K.H/c1-2-27-20(26)19-18-15(22)4-3-5-17(18)25(24-19)11-12-6-7-16-13(8-12)9-14(21)10-23-16;1-2-27-20(26)19-18-15(22)4-3-5-17(18)24-25(19)11-12-6-7-16-13(8-12)9-14(21)10-23-16;11-5-7-1-2-10-8(3-7)4-9(12)6-13-10;1-2-15-10(14)9-8-6(11)4-3-5-7(8)12-13-9;2-1-4-3;;;/h2*3-10H,2,11,22H2,1H3;1-4,6H,5H2;3-5H,2,11H2,1H3,(H,12,13);1,3H;;;/q;;;;;2*+1;-1/p-1. The van der Waals surface area contributed by atoms with E-state index < -0.39 is 17.9 Å². The third-order valence-corrected chi connectivity index (χ3v) is 13.6. The fourth-order valence-corrected chi connectivity index (χ4v) is 9.65. The van der Waals surface area contributed by atoms with E-state index in [4.69, 9.17) is 87.9 Å². The summed E-state index contributed by atoms with van der Waals surface area (Å²) in [7, 11) is 0. The van der Waals surface area contributed by atoms with Crippen LogP contribution in [-0.4, -0.2) is 88.9 Å². The summed E-state index contributed by atoms with van der Waals surface area (Å²) in [6.45, 7) is 6.83. The Balaban J connectivity index is 0.000000218. The fourth-order valence-electron chi connectivity index (χ4n) is 8.98. The predicted molar refractivity (Wildman–Crippen MR) is 333 cm³/mol. The molecule has 6 aromatic heterocycles. The number of alkyl halides is 1. The van der Waals surface area contributed by atoms with Crippen molar-refractivity contribution in [3.05, 3.63) is 195 Å². The average Bonchev–Trinajstić information content (AvgIpc) is 2.31. The fraction of sp³-hybridized carbons (Fsp3) is 0.148. The third kappa shape index (κ3) is 17.7. The summed E-state index contributed by atoms with van der Waals surface area (Å²) in [4.78, 5) is 60.4. The van der Waals surface area contributed by atoms with Crippen LogP contribution in [0.2, 0.25) is 15.1 Å². The molecule has 0 radical (unpaired) electrons. The number of rotatable bonds is 12. The number of halogens is 4. The Morgan fingerprint density at radius 2 is 1.00 bits per heavy atom. The Kier molecular flexibility index (Phi) is 27.3. The molecule has 0 bridgehead atoms. The average molecular weight is 1320 g/mol. The van der Waals surface area contributed by atoms with Gasteiger partial charge in [-0.05, 0) is 128 Å². The van der Waals surface area contributed by atoms with Gasteiger partial charge in [-0.3, -0.25) is 34.2 Å². The van der Waals surface area contributed by atoms with Crippen molar-refractivity contribution in [3.63, 3.8) is 0 Å². The molecule has 12 rings (SSSR count). The number of hydrogen-bond acceptors (Lipinski definition) is 18. The van der Waals surface area contributed by atoms with E-state index in [-0.39, 0.29) is 135 Å². The molecule has 0 spiro atoms. The van der Waals surface area contributed by atoms with Gasteiger partial charge in [0.15, 0.2) is 17.1 Å². The zero-order valence-corrected chi connectivity index (χ0v) is 57.4. The van der Waals surface area contributed by atoms with Gasteiger partial charge in [0.1, 0.15) is 0 Å². The summed E-state index contributed by atoms with van der Waals surface area (Å²) in [5, 5.41) is 30.7. The van der Waals surface area contributed by atoms with Crippen LogP contribution >= 0.6 is 46.4 Å². The van der Waals surface area contributed by atoms with Crippen LogP contribution in [-0.2, 0) is 42.9 Å². The number of hydrogen-bond donors (Lipinski definition) is 4. The van der Waals surface area contributed by atoms with E-state index in [1.807, 2.05) is 97.1 Å². The Morgan fingerprint density at radius 1 is 0.557 bits per heavy atom. The van der Waals surface area contributed by atoms with Crippen LogP contribution in [0.25, 0.3) is 65.4 Å². The smallest absolute Gasteiger partial charge is 1.00 e. The number of ether oxygens (including phenoxy) is 3. The first kappa shape index (κ1) is 70.7. The van der Waals surface area contributed by atoms with Gasteiger partial charge in [0.25, 0.3) is 6.47 Å². The number of nitrogens with two attached hydrogens (primary N) is 3. The second-order valence-corrected chi connectivity index (χ2v) is 19.9. The summed E-state index contributed by atoms with van der Waals surface area (Å²) in [5.74, 6) is -0.860. The molecule has 21 nitrogen and oxygen atoms in total. The first-order valence-corrected chi connectivity index (χ1v) is 27.9. The minimum Gasteiger partial charge on any atom is -1.00 e. The molecule has 0 saturated heterocycles. The molecule has 442 valence electrons. The number of carbonyl (C=O) groups excluding carboxylic acids is 4. The molecule has 12 aromatic rings. The molecule has 0 aliphatic rings. The van der Waals surface area contributed by atoms with Gasteiger partial charge in [-0.25, -0.2) is 14.4 Å². The number of fused-ring (bicyclic) bond motifs is 6. The number of nitrogens with zero attached hydrogens (tertiary/aromatic N) is 8. The van der Waals surface area contributed by atoms with Gasteiger partial charge in [0.05, 0.1) is 97.2 Å². The summed E-state index contributed by atoms with van der Waals surface area (Å²) < 4.78 is 18.6. The van der Waals surface area contributed by atoms with Gasteiger partial charge in [-0.2, -0.15) is 15.3 Å². The molecule has 7 N–H and O–H groups in total. The van der Waals surface area contributed by atoms with E-state index >= 15 is 0 Å². The molecule has 0 aliphatic carbocycles. The summed E-state index contributed by atoms with van der Waals surface area (Å²) in [6, 6.07) is 39.5. The molecule has 27 heteroatoms. The molecule has 0 atom stereocenters. The van der Waals surface area contributed by atoms with Crippen LogP contribution in [0.3, 0.4) is 0 Å². The van der Waals surface area contributed by atoms with Crippen molar-refractivity contribution >= 4 is 153 Å². The molecule has 0 fully saturated rings. The molecule has 6 heterocycles. The van der Waals surface area contributed by atoms with Gasteiger partial charge in [-0.15, -0.1) is 11.6 Å². The number of aromatic nitrogens is 9. The number of nitrogen functional groups attached to an aromatic ring is 3. The maximum absolute atomic E-state index is 12.6. The van der Waals surface area contributed by atoms with E-state index in [0.29, 0.717) is 85.1 Å². The first-order chi connectivity index (χ1) is 41.6. The van der Waals surface area contributed by atoms with Crippen molar-refractivity contribution in [1.29, 1.82) is 0 Å². The van der Waals surface area contributed by atoms with E-state index in [0.717, 1.165) is 60.4 Å². The van der Waals surface area contributed by atoms with Gasteiger partial charge in [0, 0.05) is 57.7 Å². The monoisotopic (exact) mass is 1320 g/mol. The quantitative estimate of drug-likeness (QED) is 0.0169. The number of esters is 3. The second-order valence-electron chi connectivity index (χ2n) is 18.4. The van der Waals surface area contributed by atoms with E-state index in [2.05, 4.69) is 40.2 Å². The third-order valence-electron chi connectivity index (χ3n) is 12.6. The normalized spacial score (nSPS) is 10.5. The number of nitrogens with one attached hydrogen (secondary N) is 1. The Hall–Kier alpha value is -6.37. The predicted octanol–water partition coefficient (Wildman–Crippen LogP) is 5.59. The number of carbonyl (C=O) groups is 4. The number of benzene rings is 6. The van der Waals surface area contributed by atoms with Crippen molar-refractivity contribution in [2.24, 2.45) is 0 Å². The topological polar surface area (TPSA) is 309 Å². The molecule has 0 saturated carbocycles. The minimum atomic E-state index is -0.478. The SMILES string of the molecule is CCOC(=O)c1c2c(N)cccc2nn1Cc1ccc2ncc(Cl)cc2c1.CCOC(=O)c1n[nH]c2cccc(N)c12.CCOC(=O)c1nn(Cc2ccc3ncc(Cl)cc3c2)c2cccc(N)c12.ClCc1ccc2ncc(Cl)cc2c1.O=CO[O-].[H-].[K+].[K+]. The number of pyridine rings is 3. The number of anilines is 3. The molecular formula is C61H54Cl4K2N12O9. The molecule has 88 heavy (non-hydrogen) atoms. The Bertz CT molecular complexity index is 4430. The number of aromatic amines is 1. The van der Waals surface area contributed by atoms with Crippen molar-refractivity contribution in [2.45, 2.75) is 39.7 Å². The van der Waals surface area contributed by atoms with Gasteiger partial charge < -0.3 is 43.0 Å². The van der Waals surface area contributed by atoms with Gasteiger partial charge >= 0.3 is 121 Å². The van der Waals surface area contributed by atoms with Crippen molar-refractivity contribution in [2.75, 3.05) is 37.0 Å². The molecule has 0 unspecified atom stereocenters. The van der Waals surface area contributed by atoms with Crippen LogP contribution in [0.5, 0.6) is 0 Å². The van der Waals surface area contributed by atoms with Crippen molar-refractivity contribution in [3.8, 4) is 0 Å². The van der Waals surface area contributed by atoms with E-state index in [1.165, 1.54) is 0 Å². The number of H-pyrrole nitrogens is 1. The summed E-state index contributed by atoms with van der Waals surface area (Å²) >= 11 is 23.6. The molecular weight excluding hydrogens is 1260 g/mol. The first-order valence-electron chi connectivity index (χ1n) is 26.2.